The highest BCUT2D eigenvalue weighted by atomic mass is 32.1. The van der Waals surface area contributed by atoms with E-state index >= 15 is 0 Å². The van der Waals surface area contributed by atoms with Crippen LogP contribution in [0.2, 0.25) is 0 Å². The first-order chi connectivity index (χ1) is 8.70. The van der Waals surface area contributed by atoms with Crippen molar-refractivity contribution in [2.24, 2.45) is 0 Å². The Morgan fingerprint density at radius 1 is 1.67 bits per heavy atom. The molecule has 2 unspecified atom stereocenters. The van der Waals surface area contributed by atoms with E-state index < -0.39 is 0 Å². The zero-order valence-corrected chi connectivity index (χ0v) is 12.3. The van der Waals surface area contributed by atoms with E-state index in [-0.39, 0.29) is 0 Å². The predicted octanol–water partition coefficient (Wildman–Crippen LogP) is 2.43. The maximum atomic E-state index is 5.67. The van der Waals surface area contributed by atoms with E-state index in [9.17, 15) is 0 Å². The van der Waals surface area contributed by atoms with Gasteiger partial charge in [-0.15, -0.1) is 11.3 Å². The monoisotopic (exact) mass is 269 g/mol. The van der Waals surface area contributed by atoms with E-state index in [0.717, 1.165) is 37.8 Å². The second-order valence-corrected chi connectivity index (χ2v) is 5.85. The predicted molar refractivity (Wildman–Crippen MR) is 76.4 cm³/mol. The summed E-state index contributed by atoms with van der Waals surface area (Å²) in [5.74, 6) is 0. The van der Waals surface area contributed by atoms with Gasteiger partial charge >= 0.3 is 0 Å². The van der Waals surface area contributed by atoms with Gasteiger partial charge in [0.25, 0.3) is 0 Å². The Morgan fingerprint density at radius 3 is 3.28 bits per heavy atom. The average molecular weight is 269 g/mol. The van der Waals surface area contributed by atoms with Crippen molar-refractivity contribution in [3.05, 3.63) is 11.1 Å². The molecule has 0 radical (unpaired) electrons. The van der Waals surface area contributed by atoms with E-state index in [0.29, 0.717) is 12.1 Å². The Labute approximate surface area is 113 Å². The number of thiazole rings is 1. The molecule has 1 aromatic rings. The highest BCUT2D eigenvalue weighted by Crippen LogP contribution is 2.28. The molecule has 0 amide bonds. The van der Waals surface area contributed by atoms with Crippen molar-refractivity contribution in [1.29, 1.82) is 0 Å². The third-order valence-corrected chi connectivity index (χ3v) is 4.41. The van der Waals surface area contributed by atoms with Crippen LogP contribution in [0, 0.1) is 0 Å². The number of hydrogen-bond donors (Lipinski definition) is 1. The number of aromatic nitrogens is 1. The maximum Gasteiger partial charge on any atom is 0.185 e. The van der Waals surface area contributed by atoms with Gasteiger partial charge in [-0.3, -0.25) is 0 Å². The molecule has 1 saturated heterocycles. The van der Waals surface area contributed by atoms with E-state index in [4.69, 9.17) is 4.74 Å². The van der Waals surface area contributed by atoms with Crippen molar-refractivity contribution in [3.63, 3.8) is 0 Å². The molecule has 0 aliphatic carbocycles. The highest BCUT2D eigenvalue weighted by Gasteiger charge is 2.19. The van der Waals surface area contributed by atoms with Crippen LogP contribution in [0.3, 0.4) is 0 Å². The smallest absolute Gasteiger partial charge is 0.185 e. The number of anilines is 1. The first-order valence-corrected chi connectivity index (χ1v) is 7.58. The average Bonchev–Trinajstić information content (AvgIpc) is 2.74. The zero-order valence-electron chi connectivity index (χ0n) is 11.5. The Hall–Kier alpha value is -0.650. The van der Waals surface area contributed by atoms with Crippen LogP contribution in [0.4, 0.5) is 5.13 Å². The van der Waals surface area contributed by atoms with Gasteiger partial charge in [-0.25, -0.2) is 4.98 Å². The first kappa shape index (κ1) is 13.8. The van der Waals surface area contributed by atoms with E-state index in [1.165, 1.54) is 4.88 Å². The lowest BCUT2D eigenvalue weighted by Crippen LogP contribution is -2.29. The van der Waals surface area contributed by atoms with Crippen molar-refractivity contribution >= 4 is 16.5 Å². The van der Waals surface area contributed by atoms with E-state index in [2.05, 4.69) is 36.0 Å². The normalized spacial score (nSPS) is 22.8. The van der Waals surface area contributed by atoms with Crippen LogP contribution in [0.15, 0.2) is 6.20 Å². The summed E-state index contributed by atoms with van der Waals surface area (Å²) in [6.07, 6.45) is 3.39. The van der Waals surface area contributed by atoms with Gasteiger partial charge in [0.1, 0.15) is 0 Å². The van der Waals surface area contributed by atoms with Gasteiger partial charge in [0.15, 0.2) is 5.13 Å². The maximum absolute atomic E-state index is 5.67. The molecule has 4 nitrogen and oxygen atoms in total. The molecule has 5 heteroatoms. The lowest BCUT2D eigenvalue weighted by atomic mass is 10.3. The summed E-state index contributed by atoms with van der Waals surface area (Å²) in [4.78, 5) is 8.23. The summed E-state index contributed by atoms with van der Waals surface area (Å²) < 4.78 is 5.67. The summed E-state index contributed by atoms with van der Waals surface area (Å²) in [5.41, 5.74) is 0. The van der Waals surface area contributed by atoms with Gasteiger partial charge in [0.05, 0.1) is 6.10 Å². The first-order valence-electron chi connectivity index (χ1n) is 6.76. The van der Waals surface area contributed by atoms with Gasteiger partial charge in [-0.05, 0) is 26.8 Å². The fraction of sp³-hybridized carbons (Fsp3) is 0.769. The third-order valence-electron chi connectivity index (χ3n) is 3.17. The highest BCUT2D eigenvalue weighted by molar-refractivity contribution is 7.15. The summed E-state index contributed by atoms with van der Waals surface area (Å²) >= 11 is 1.80. The van der Waals surface area contributed by atoms with Crippen LogP contribution < -0.4 is 10.2 Å². The van der Waals surface area contributed by atoms with Crippen LogP contribution in [0.1, 0.15) is 38.1 Å². The standard InChI is InChI=1S/C13H23N3OS/c1-4-14-11(3)12-8-15-13(18-12)16-6-5-7-17-10(2)9-16/h8,10-11,14H,4-7,9H2,1-3H3. The minimum absolute atomic E-state index is 0.297. The Kier molecular flexibility index (Phi) is 4.97. The van der Waals surface area contributed by atoms with E-state index in [1.54, 1.807) is 11.3 Å². The van der Waals surface area contributed by atoms with Crippen molar-refractivity contribution in [2.75, 3.05) is 31.1 Å². The molecule has 102 valence electrons. The van der Waals surface area contributed by atoms with Gasteiger partial charge in [0, 0.05) is 36.8 Å². The largest absolute Gasteiger partial charge is 0.377 e. The molecule has 2 heterocycles. The zero-order chi connectivity index (χ0) is 13.0. The van der Waals surface area contributed by atoms with Gasteiger partial charge in [0.2, 0.25) is 0 Å². The van der Waals surface area contributed by atoms with Crippen LogP contribution in [0.25, 0.3) is 0 Å². The number of hydrogen-bond acceptors (Lipinski definition) is 5. The molecule has 1 aromatic heterocycles. The Bertz CT molecular complexity index is 369. The molecular weight excluding hydrogens is 246 g/mol. The summed E-state index contributed by atoms with van der Waals surface area (Å²) in [6.45, 7) is 10.3. The topological polar surface area (TPSA) is 37.4 Å². The minimum Gasteiger partial charge on any atom is -0.377 e. The number of nitrogens with zero attached hydrogens (tertiary/aromatic N) is 2. The quantitative estimate of drug-likeness (QED) is 0.911. The molecule has 1 fully saturated rings. The molecule has 1 aliphatic heterocycles. The SMILES string of the molecule is CCNC(C)c1cnc(N2CCCOC(C)C2)s1. The van der Waals surface area contributed by atoms with Gasteiger partial charge in [-0.1, -0.05) is 6.92 Å². The van der Waals surface area contributed by atoms with Crippen LogP contribution in [-0.2, 0) is 4.74 Å². The minimum atomic E-state index is 0.297. The molecular formula is C13H23N3OS. The van der Waals surface area contributed by atoms with Crippen LogP contribution in [0.5, 0.6) is 0 Å². The molecule has 2 atom stereocenters. The summed E-state index contributed by atoms with van der Waals surface area (Å²) in [5, 5.41) is 4.56. The van der Waals surface area contributed by atoms with Gasteiger partial charge < -0.3 is 15.0 Å². The van der Waals surface area contributed by atoms with Crippen LogP contribution in [-0.4, -0.2) is 37.3 Å². The molecule has 0 saturated carbocycles. The fourth-order valence-electron chi connectivity index (χ4n) is 2.20. The Morgan fingerprint density at radius 2 is 2.50 bits per heavy atom. The number of ether oxygens (including phenoxy) is 1. The molecule has 1 N–H and O–H groups in total. The fourth-order valence-corrected chi connectivity index (χ4v) is 3.17. The second-order valence-electron chi connectivity index (χ2n) is 4.81. The summed E-state index contributed by atoms with van der Waals surface area (Å²) in [6, 6.07) is 0.391. The Balaban J connectivity index is 2.04. The summed E-state index contributed by atoms with van der Waals surface area (Å²) in [7, 11) is 0. The van der Waals surface area contributed by atoms with Gasteiger partial charge in [-0.2, -0.15) is 0 Å². The van der Waals surface area contributed by atoms with E-state index in [1.807, 2.05) is 6.20 Å². The molecule has 1 aliphatic rings. The van der Waals surface area contributed by atoms with Crippen molar-refractivity contribution in [2.45, 2.75) is 39.3 Å². The molecule has 0 aromatic carbocycles. The van der Waals surface area contributed by atoms with Crippen molar-refractivity contribution in [3.8, 4) is 0 Å². The molecule has 18 heavy (non-hydrogen) atoms. The third kappa shape index (κ3) is 3.43. The molecule has 0 spiro atoms. The number of nitrogens with one attached hydrogen (secondary N) is 1. The number of rotatable bonds is 4. The second kappa shape index (κ2) is 6.50. The van der Waals surface area contributed by atoms with Crippen molar-refractivity contribution in [1.82, 2.24) is 10.3 Å². The van der Waals surface area contributed by atoms with Crippen molar-refractivity contribution < 1.29 is 4.74 Å². The van der Waals surface area contributed by atoms with Crippen LogP contribution >= 0.6 is 11.3 Å². The lowest BCUT2D eigenvalue weighted by Gasteiger charge is -2.21. The molecule has 0 bridgehead atoms. The molecule has 2 rings (SSSR count). The lowest BCUT2D eigenvalue weighted by molar-refractivity contribution is 0.0821.